The van der Waals surface area contributed by atoms with Gasteiger partial charge in [-0.25, -0.2) is 4.39 Å². The number of piperidine rings is 1. The number of H-pyrrole nitrogens is 1. The third kappa shape index (κ3) is 4.07. The SMILES string of the molecule is CCc1cc(C(=O)NC2CCN(c3ccccc3F)CC2)cc(=O)[nH]1. The van der Waals surface area contributed by atoms with Crippen LogP contribution in [0.4, 0.5) is 10.1 Å². The van der Waals surface area contributed by atoms with Crippen LogP contribution in [0.25, 0.3) is 0 Å². The van der Waals surface area contributed by atoms with E-state index in [4.69, 9.17) is 0 Å². The van der Waals surface area contributed by atoms with Crippen LogP contribution in [0.3, 0.4) is 0 Å². The van der Waals surface area contributed by atoms with E-state index in [1.807, 2.05) is 17.9 Å². The number of aromatic amines is 1. The first-order valence-electron chi connectivity index (χ1n) is 8.60. The van der Waals surface area contributed by atoms with Crippen LogP contribution in [0.5, 0.6) is 0 Å². The van der Waals surface area contributed by atoms with Gasteiger partial charge in [-0.15, -0.1) is 0 Å². The van der Waals surface area contributed by atoms with Gasteiger partial charge in [0, 0.05) is 36.5 Å². The van der Waals surface area contributed by atoms with Crippen molar-refractivity contribution in [2.24, 2.45) is 0 Å². The molecule has 2 N–H and O–H groups in total. The lowest BCUT2D eigenvalue weighted by molar-refractivity contribution is 0.0930. The van der Waals surface area contributed by atoms with Crippen molar-refractivity contribution in [1.29, 1.82) is 0 Å². The van der Waals surface area contributed by atoms with Crippen LogP contribution >= 0.6 is 0 Å². The number of nitrogens with zero attached hydrogens (tertiary/aromatic N) is 1. The van der Waals surface area contributed by atoms with Crippen molar-refractivity contribution in [3.8, 4) is 0 Å². The Hall–Kier alpha value is -2.63. The third-order valence-electron chi connectivity index (χ3n) is 4.57. The number of para-hydroxylation sites is 1. The molecule has 0 aliphatic carbocycles. The molecule has 1 aliphatic heterocycles. The Labute approximate surface area is 145 Å². The van der Waals surface area contributed by atoms with Crippen LogP contribution in [0.2, 0.25) is 0 Å². The third-order valence-corrected chi connectivity index (χ3v) is 4.57. The molecule has 2 heterocycles. The number of halogens is 1. The predicted octanol–water partition coefficient (Wildman–Crippen LogP) is 2.48. The number of hydrogen-bond donors (Lipinski definition) is 2. The van der Waals surface area contributed by atoms with Crippen LogP contribution in [0.15, 0.2) is 41.2 Å². The number of benzene rings is 1. The van der Waals surface area contributed by atoms with Gasteiger partial charge in [0.05, 0.1) is 5.69 Å². The Morgan fingerprint density at radius 1 is 1.28 bits per heavy atom. The van der Waals surface area contributed by atoms with Crippen molar-refractivity contribution >= 4 is 11.6 Å². The van der Waals surface area contributed by atoms with E-state index in [1.165, 1.54) is 12.1 Å². The standard InChI is InChI=1S/C19H22FN3O2/c1-2-14-11-13(12-18(24)21-14)19(25)22-15-7-9-23(10-8-15)17-6-4-3-5-16(17)20/h3-6,11-12,15H,2,7-10H2,1H3,(H,21,24)(H,22,25). The molecule has 1 aromatic carbocycles. The molecule has 0 saturated carbocycles. The predicted molar refractivity (Wildman–Crippen MR) is 95.5 cm³/mol. The van der Waals surface area contributed by atoms with E-state index in [0.29, 0.717) is 30.8 Å². The number of aromatic nitrogens is 1. The largest absolute Gasteiger partial charge is 0.369 e. The maximum Gasteiger partial charge on any atom is 0.251 e. The topological polar surface area (TPSA) is 65.2 Å². The molecule has 1 aromatic heterocycles. The Bertz CT molecular complexity index is 810. The van der Waals surface area contributed by atoms with E-state index in [1.54, 1.807) is 18.2 Å². The van der Waals surface area contributed by atoms with Crippen molar-refractivity contribution < 1.29 is 9.18 Å². The van der Waals surface area contributed by atoms with Crippen molar-refractivity contribution in [3.63, 3.8) is 0 Å². The Kier molecular flexibility index (Phi) is 5.16. The van der Waals surface area contributed by atoms with Gasteiger partial charge < -0.3 is 15.2 Å². The molecular weight excluding hydrogens is 321 g/mol. The molecule has 1 aliphatic rings. The zero-order valence-corrected chi connectivity index (χ0v) is 14.2. The highest BCUT2D eigenvalue weighted by Crippen LogP contribution is 2.23. The first-order valence-corrected chi connectivity index (χ1v) is 8.60. The number of aryl methyl sites for hydroxylation is 1. The average molecular weight is 343 g/mol. The Morgan fingerprint density at radius 2 is 2.00 bits per heavy atom. The fourth-order valence-corrected chi connectivity index (χ4v) is 3.16. The highest BCUT2D eigenvalue weighted by atomic mass is 19.1. The fraction of sp³-hybridized carbons (Fsp3) is 0.368. The molecule has 6 heteroatoms. The van der Waals surface area contributed by atoms with Gasteiger partial charge in [0.15, 0.2) is 0 Å². The number of pyridine rings is 1. The van der Waals surface area contributed by atoms with Gasteiger partial charge in [0.2, 0.25) is 5.56 Å². The number of anilines is 1. The van der Waals surface area contributed by atoms with Gasteiger partial charge in [-0.05, 0) is 37.5 Å². The number of rotatable bonds is 4. The summed E-state index contributed by atoms with van der Waals surface area (Å²) in [6.45, 7) is 3.29. The molecule has 25 heavy (non-hydrogen) atoms. The molecule has 2 aromatic rings. The smallest absolute Gasteiger partial charge is 0.251 e. The number of nitrogens with one attached hydrogen (secondary N) is 2. The molecule has 0 spiro atoms. The van der Waals surface area contributed by atoms with Gasteiger partial charge in [-0.2, -0.15) is 0 Å². The zero-order valence-electron chi connectivity index (χ0n) is 14.2. The Balaban J connectivity index is 1.61. The summed E-state index contributed by atoms with van der Waals surface area (Å²) in [4.78, 5) is 28.7. The molecule has 1 saturated heterocycles. The van der Waals surface area contributed by atoms with Gasteiger partial charge >= 0.3 is 0 Å². The maximum absolute atomic E-state index is 13.9. The van der Waals surface area contributed by atoms with Crippen molar-refractivity contribution in [1.82, 2.24) is 10.3 Å². The molecule has 0 unspecified atom stereocenters. The van der Waals surface area contributed by atoms with Crippen molar-refractivity contribution in [3.05, 3.63) is 63.8 Å². The van der Waals surface area contributed by atoms with Crippen molar-refractivity contribution in [2.45, 2.75) is 32.2 Å². The molecule has 3 rings (SSSR count). The van der Waals surface area contributed by atoms with Gasteiger partial charge in [-0.3, -0.25) is 9.59 Å². The quantitative estimate of drug-likeness (QED) is 0.896. The van der Waals surface area contributed by atoms with Crippen LogP contribution in [0.1, 0.15) is 35.8 Å². The van der Waals surface area contributed by atoms with E-state index in [0.717, 1.165) is 18.5 Å². The lowest BCUT2D eigenvalue weighted by Crippen LogP contribution is -2.45. The second-order valence-corrected chi connectivity index (χ2v) is 6.30. The summed E-state index contributed by atoms with van der Waals surface area (Å²) >= 11 is 0. The van der Waals surface area contributed by atoms with Crippen LogP contribution in [0, 0.1) is 5.82 Å². The summed E-state index contributed by atoms with van der Waals surface area (Å²) in [5, 5.41) is 2.99. The van der Waals surface area contributed by atoms with E-state index < -0.39 is 0 Å². The van der Waals surface area contributed by atoms with E-state index >= 15 is 0 Å². The summed E-state index contributed by atoms with van der Waals surface area (Å²) in [5.41, 5.74) is 1.47. The van der Waals surface area contributed by atoms with Gasteiger partial charge in [0.25, 0.3) is 5.91 Å². The van der Waals surface area contributed by atoms with Crippen LogP contribution in [-0.2, 0) is 6.42 Å². The number of carbonyl (C=O) groups excluding carboxylic acids is 1. The van der Waals surface area contributed by atoms with Gasteiger partial charge in [-0.1, -0.05) is 19.1 Å². The summed E-state index contributed by atoms with van der Waals surface area (Å²) in [6.07, 6.45) is 2.14. The van der Waals surface area contributed by atoms with Gasteiger partial charge in [0.1, 0.15) is 5.82 Å². The summed E-state index contributed by atoms with van der Waals surface area (Å²) in [5.74, 6) is -0.453. The van der Waals surface area contributed by atoms with E-state index in [-0.39, 0.29) is 23.3 Å². The number of hydrogen-bond acceptors (Lipinski definition) is 3. The molecule has 1 fully saturated rings. The first kappa shape index (κ1) is 17.2. The van der Waals surface area contributed by atoms with E-state index in [9.17, 15) is 14.0 Å². The van der Waals surface area contributed by atoms with Crippen molar-refractivity contribution in [2.75, 3.05) is 18.0 Å². The second-order valence-electron chi connectivity index (χ2n) is 6.30. The Morgan fingerprint density at radius 3 is 2.68 bits per heavy atom. The van der Waals surface area contributed by atoms with E-state index in [2.05, 4.69) is 10.3 Å². The molecule has 132 valence electrons. The lowest BCUT2D eigenvalue weighted by atomic mass is 10.0. The minimum Gasteiger partial charge on any atom is -0.369 e. The molecule has 0 bridgehead atoms. The normalized spacial score (nSPS) is 15.2. The number of amides is 1. The molecule has 5 nitrogen and oxygen atoms in total. The lowest BCUT2D eigenvalue weighted by Gasteiger charge is -2.34. The summed E-state index contributed by atoms with van der Waals surface area (Å²) in [7, 11) is 0. The van der Waals surface area contributed by atoms with Crippen LogP contribution in [-0.4, -0.2) is 30.0 Å². The maximum atomic E-state index is 13.9. The molecule has 0 atom stereocenters. The minimum absolute atomic E-state index is 0.0277. The second kappa shape index (κ2) is 7.51. The minimum atomic E-state index is -0.265. The highest BCUT2D eigenvalue weighted by molar-refractivity contribution is 5.94. The van der Waals surface area contributed by atoms with Crippen LogP contribution < -0.4 is 15.8 Å². The zero-order chi connectivity index (χ0) is 17.8. The summed E-state index contributed by atoms with van der Waals surface area (Å²) in [6, 6.07) is 9.80. The molecular formula is C19H22FN3O2. The first-order chi connectivity index (χ1) is 12.1. The molecule has 1 amide bonds. The average Bonchev–Trinajstić information content (AvgIpc) is 2.62. The summed E-state index contributed by atoms with van der Waals surface area (Å²) < 4.78 is 13.9. The fourth-order valence-electron chi connectivity index (χ4n) is 3.16. The highest BCUT2D eigenvalue weighted by Gasteiger charge is 2.23. The number of carbonyl (C=O) groups is 1. The molecule has 0 radical (unpaired) electrons. The monoisotopic (exact) mass is 343 g/mol.